The zero-order chi connectivity index (χ0) is 10.8. The molecule has 1 aliphatic rings. The molecule has 0 aromatic carbocycles. The fraction of sp³-hybridized carbons (Fsp3) is 0.500. The standard InChI is InChI=1S/C12H16N4/c1-2-4-9-15(8-3-1)11-6-10-16-12(14-11)5-7-13-16/h5-7,10H,1-4,8-9H2. The van der Waals surface area contributed by atoms with E-state index in [9.17, 15) is 0 Å². The Kier molecular flexibility index (Phi) is 2.48. The van der Waals surface area contributed by atoms with Gasteiger partial charge in [0.2, 0.25) is 0 Å². The molecule has 84 valence electrons. The van der Waals surface area contributed by atoms with Crippen LogP contribution in [0.25, 0.3) is 5.65 Å². The molecule has 1 fully saturated rings. The summed E-state index contributed by atoms with van der Waals surface area (Å²) in [7, 11) is 0. The Balaban J connectivity index is 1.91. The highest BCUT2D eigenvalue weighted by Crippen LogP contribution is 2.17. The highest BCUT2D eigenvalue weighted by Gasteiger charge is 2.11. The van der Waals surface area contributed by atoms with Crippen molar-refractivity contribution < 1.29 is 0 Å². The van der Waals surface area contributed by atoms with Crippen LogP contribution in [0.1, 0.15) is 25.7 Å². The van der Waals surface area contributed by atoms with Gasteiger partial charge in [-0.2, -0.15) is 5.10 Å². The van der Waals surface area contributed by atoms with Gasteiger partial charge in [-0.05, 0) is 18.9 Å². The Morgan fingerprint density at radius 1 is 1.00 bits per heavy atom. The third kappa shape index (κ3) is 1.75. The molecule has 4 heteroatoms. The van der Waals surface area contributed by atoms with Crippen molar-refractivity contribution in [1.29, 1.82) is 0 Å². The number of anilines is 1. The maximum atomic E-state index is 4.63. The SMILES string of the molecule is c1cc2nc(N3CCCCCC3)ccn2n1. The van der Waals surface area contributed by atoms with E-state index in [1.807, 2.05) is 12.3 Å². The summed E-state index contributed by atoms with van der Waals surface area (Å²) in [5.41, 5.74) is 0.932. The third-order valence-corrected chi connectivity index (χ3v) is 3.17. The lowest BCUT2D eigenvalue weighted by molar-refractivity contribution is 0.726. The Morgan fingerprint density at radius 3 is 2.62 bits per heavy atom. The van der Waals surface area contributed by atoms with E-state index in [4.69, 9.17) is 0 Å². The molecule has 0 aliphatic carbocycles. The van der Waals surface area contributed by atoms with Crippen molar-refractivity contribution in [2.45, 2.75) is 25.7 Å². The molecule has 16 heavy (non-hydrogen) atoms. The Bertz CT molecular complexity index is 469. The fourth-order valence-corrected chi connectivity index (χ4v) is 2.28. The first-order chi connectivity index (χ1) is 7.93. The molecule has 2 aromatic heterocycles. The number of nitrogens with zero attached hydrogens (tertiary/aromatic N) is 4. The Labute approximate surface area is 94.9 Å². The van der Waals surface area contributed by atoms with Crippen LogP contribution >= 0.6 is 0 Å². The molecule has 1 saturated heterocycles. The van der Waals surface area contributed by atoms with Gasteiger partial charge in [-0.25, -0.2) is 9.50 Å². The van der Waals surface area contributed by atoms with Crippen molar-refractivity contribution in [2.24, 2.45) is 0 Å². The van der Waals surface area contributed by atoms with Crippen molar-refractivity contribution in [3.63, 3.8) is 0 Å². The zero-order valence-corrected chi connectivity index (χ0v) is 9.34. The van der Waals surface area contributed by atoms with Crippen molar-refractivity contribution in [3.8, 4) is 0 Å². The van der Waals surface area contributed by atoms with Crippen LogP contribution in [-0.2, 0) is 0 Å². The van der Waals surface area contributed by atoms with Crippen molar-refractivity contribution in [2.75, 3.05) is 18.0 Å². The van der Waals surface area contributed by atoms with Gasteiger partial charge in [0.25, 0.3) is 0 Å². The van der Waals surface area contributed by atoms with Crippen LogP contribution in [0.15, 0.2) is 24.5 Å². The van der Waals surface area contributed by atoms with E-state index in [-0.39, 0.29) is 0 Å². The van der Waals surface area contributed by atoms with Crippen LogP contribution in [0.3, 0.4) is 0 Å². The van der Waals surface area contributed by atoms with Gasteiger partial charge in [0.05, 0.1) is 6.20 Å². The zero-order valence-electron chi connectivity index (χ0n) is 9.34. The van der Waals surface area contributed by atoms with Gasteiger partial charge < -0.3 is 4.90 Å². The Morgan fingerprint density at radius 2 is 1.81 bits per heavy atom. The maximum absolute atomic E-state index is 4.63. The molecular formula is C12H16N4. The summed E-state index contributed by atoms with van der Waals surface area (Å²) in [4.78, 5) is 7.02. The average Bonchev–Trinajstić information content (AvgIpc) is 2.61. The molecular weight excluding hydrogens is 200 g/mol. The van der Waals surface area contributed by atoms with Gasteiger partial charge in [-0.1, -0.05) is 12.8 Å². The maximum Gasteiger partial charge on any atom is 0.157 e. The molecule has 0 atom stereocenters. The van der Waals surface area contributed by atoms with E-state index in [0.29, 0.717) is 0 Å². The minimum atomic E-state index is 0.932. The lowest BCUT2D eigenvalue weighted by atomic mass is 10.2. The monoisotopic (exact) mass is 216 g/mol. The third-order valence-electron chi connectivity index (χ3n) is 3.17. The molecule has 0 bridgehead atoms. The van der Waals surface area contributed by atoms with Crippen molar-refractivity contribution >= 4 is 11.5 Å². The second kappa shape index (κ2) is 4.12. The smallest absolute Gasteiger partial charge is 0.157 e. The molecule has 4 nitrogen and oxygen atoms in total. The van der Waals surface area contributed by atoms with Crippen LogP contribution in [-0.4, -0.2) is 27.7 Å². The van der Waals surface area contributed by atoms with Crippen LogP contribution in [0.4, 0.5) is 5.82 Å². The quantitative estimate of drug-likeness (QED) is 0.732. The summed E-state index contributed by atoms with van der Waals surface area (Å²) < 4.78 is 1.81. The lowest BCUT2D eigenvalue weighted by Crippen LogP contribution is -2.24. The first-order valence-corrected chi connectivity index (χ1v) is 5.99. The van der Waals surface area contributed by atoms with Gasteiger partial charge in [-0.15, -0.1) is 0 Å². The number of hydrogen-bond acceptors (Lipinski definition) is 3. The number of hydrogen-bond donors (Lipinski definition) is 0. The first-order valence-electron chi connectivity index (χ1n) is 5.99. The van der Waals surface area contributed by atoms with Crippen LogP contribution in [0.2, 0.25) is 0 Å². The van der Waals surface area contributed by atoms with E-state index in [1.165, 1.54) is 25.7 Å². The average molecular weight is 216 g/mol. The second-order valence-corrected chi connectivity index (χ2v) is 4.32. The van der Waals surface area contributed by atoms with Crippen LogP contribution in [0, 0.1) is 0 Å². The number of rotatable bonds is 1. The minimum Gasteiger partial charge on any atom is -0.357 e. The molecule has 0 amide bonds. The summed E-state index contributed by atoms with van der Waals surface area (Å²) in [6.07, 6.45) is 9.05. The van der Waals surface area contributed by atoms with E-state index >= 15 is 0 Å². The topological polar surface area (TPSA) is 33.4 Å². The number of fused-ring (bicyclic) bond motifs is 1. The molecule has 0 N–H and O–H groups in total. The fourth-order valence-electron chi connectivity index (χ4n) is 2.28. The van der Waals surface area contributed by atoms with Crippen molar-refractivity contribution in [1.82, 2.24) is 14.6 Å². The summed E-state index contributed by atoms with van der Waals surface area (Å²) in [6.45, 7) is 2.27. The summed E-state index contributed by atoms with van der Waals surface area (Å²) >= 11 is 0. The molecule has 0 saturated carbocycles. The van der Waals surface area contributed by atoms with Gasteiger partial charge in [-0.3, -0.25) is 0 Å². The number of aromatic nitrogens is 3. The summed E-state index contributed by atoms with van der Waals surface area (Å²) in [6, 6.07) is 4.01. The van der Waals surface area contributed by atoms with Gasteiger partial charge in [0.15, 0.2) is 5.65 Å². The van der Waals surface area contributed by atoms with Crippen LogP contribution < -0.4 is 4.90 Å². The Hall–Kier alpha value is -1.58. The van der Waals surface area contributed by atoms with Gasteiger partial charge >= 0.3 is 0 Å². The predicted molar refractivity (Wildman–Crippen MR) is 63.7 cm³/mol. The molecule has 3 heterocycles. The highest BCUT2D eigenvalue weighted by atomic mass is 15.3. The first kappa shape index (κ1) is 9.63. The molecule has 0 radical (unpaired) electrons. The van der Waals surface area contributed by atoms with E-state index in [0.717, 1.165) is 24.6 Å². The van der Waals surface area contributed by atoms with E-state index in [2.05, 4.69) is 21.0 Å². The molecule has 1 aliphatic heterocycles. The van der Waals surface area contributed by atoms with E-state index in [1.54, 1.807) is 10.7 Å². The largest absolute Gasteiger partial charge is 0.357 e. The second-order valence-electron chi connectivity index (χ2n) is 4.32. The molecule has 2 aromatic rings. The molecule has 3 rings (SSSR count). The minimum absolute atomic E-state index is 0.932. The summed E-state index contributed by atoms with van der Waals surface area (Å²) in [5.74, 6) is 1.09. The normalized spacial score (nSPS) is 17.6. The van der Waals surface area contributed by atoms with Gasteiger partial charge in [0.1, 0.15) is 5.82 Å². The highest BCUT2D eigenvalue weighted by molar-refractivity contribution is 5.47. The van der Waals surface area contributed by atoms with Gasteiger partial charge in [0, 0.05) is 25.4 Å². The molecule has 0 unspecified atom stereocenters. The van der Waals surface area contributed by atoms with E-state index < -0.39 is 0 Å². The lowest BCUT2D eigenvalue weighted by Gasteiger charge is -2.21. The van der Waals surface area contributed by atoms with Crippen LogP contribution in [0.5, 0.6) is 0 Å². The van der Waals surface area contributed by atoms with Crippen molar-refractivity contribution in [3.05, 3.63) is 24.5 Å². The summed E-state index contributed by atoms with van der Waals surface area (Å²) in [5, 5.41) is 4.16. The molecule has 0 spiro atoms. The predicted octanol–water partition coefficient (Wildman–Crippen LogP) is 2.11.